The Kier molecular flexibility index (Phi) is 5.65. The fraction of sp³-hybridized carbons (Fsp3) is 0.588. The van der Waals surface area contributed by atoms with Gasteiger partial charge < -0.3 is 15.8 Å². The number of fused-ring (bicyclic) bond motifs is 2. The minimum absolute atomic E-state index is 0. The summed E-state index contributed by atoms with van der Waals surface area (Å²) >= 11 is 0. The van der Waals surface area contributed by atoms with Crippen molar-refractivity contribution in [2.75, 3.05) is 19.7 Å². The lowest BCUT2D eigenvalue weighted by molar-refractivity contribution is -0.163. The van der Waals surface area contributed by atoms with Gasteiger partial charge in [0.25, 0.3) is 5.91 Å². The quantitative estimate of drug-likeness (QED) is 0.884. The molecule has 0 radical (unpaired) electrons. The third-order valence-electron chi connectivity index (χ3n) is 5.17. The first-order valence-electron chi connectivity index (χ1n) is 8.04. The zero-order valence-electron chi connectivity index (χ0n) is 13.3. The average molecular weight is 343 g/mol. The molecule has 4 nitrogen and oxygen atoms in total. The number of ether oxygens (including phenoxy) is 1. The molecule has 6 heteroatoms. The van der Waals surface area contributed by atoms with Crippen LogP contribution in [0.15, 0.2) is 18.2 Å². The van der Waals surface area contributed by atoms with Crippen LogP contribution < -0.4 is 11.1 Å². The zero-order valence-corrected chi connectivity index (χ0v) is 14.1. The molecule has 1 aliphatic carbocycles. The van der Waals surface area contributed by atoms with Crippen LogP contribution in [0.25, 0.3) is 0 Å². The van der Waals surface area contributed by atoms with Gasteiger partial charge in [0.2, 0.25) is 0 Å². The third kappa shape index (κ3) is 2.86. The van der Waals surface area contributed by atoms with Crippen molar-refractivity contribution in [3.05, 3.63) is 35.1 Å². The minimum atomic E-state index is -0.731. The van der Waals surface area contributed by atoms with Crippen molar-refractivity contribution in [3.63, 3.8) is 0 Å². The molecule has 3 rings (SSSR count). The van der Waals surface area contributed by atoms with Gasteiger partial charge in [-0.1, -0.05) is 18.6 Å². The van der Waals surface area contributed by atoms with E-state index >= 15 is 0 Å². The highest BCUT2D eigenvalue weighted by Crippen LogP contribution is 2.50. The first-order chi connectivity index (χ1) is 10.6. The lowest BCUT2D eigenvalue weighted by Crippen LogP contribution is -2.58. The highest BCUT2D eigenvalue weighted by Gasteiger charge is 2.53. The fourth-order valence-corrected chi connectivity index (χ4v) is 4.33. The Balaban J connectivity index is 0.00000192. The molecule has 1 aromatic carbocycles. The van der Waals surface area contributed by atoms with E-state index in [0.29, 0.717) is 12.2 Å². The number of amides is 1. The zero-order chi connectivity index (χ0) is 15.7. The maximum atomic E-state index is 15.0. The van der Waals surface area contributed by atoms with Crippen molar-refractivity contribution < 1.29 is 13.9 Å². The van der Waals surface area contributed by atoms with E-state index in [2.05, 4.69) is 5.32 Å². The van der Waals surface area contributed by atoms with Crippen molar-refractivity contribution in [2.45, 2.75) is 31.8 Å². The van der Waals surface area contributed by atoms with Crippen LogP contribution in [0.1, 0.15) is 42.1 Å². The molecule has 1 saturated carbocycles. The third-order valence-corrected chi connectivity index (χ3v) is 5.17. The van der Waals surface area contributed by atoms with Crippen LogP contribution in [-0.2, 0) is 10.3 Å². The topological polar surface area (TPSA) is 64.3 Å². The van der Waals surface area contributed by atoms with E-state index in [4.69, 9.17) is 10.5 Å². The van der Waals surface area contributed by atoms with Gasteiger partial charge in [0.05, 0.1) is 5.56 Å². The SMILES string of the molecule is CCOC1(c2cccc(C(N)=O)c2F)C2CCCC1CNC2.Cl. The van der Waals surface area contributed by atoms with Gasteiger partial charge in [-0.25, -0.2) is 4.39 Å². The van der Waals surface area contributed by atoms with Crippen LogP contribution in [0, 0.1) is 17.7 Å². The summed E-state index contributed by atoms with van der Waals surface area (Å²) in [4.78, 5) is 11.5. The summed E-state index contributed by atoms with van der Waals surface area (Å²) in [5, 5.41) is 3.43. The molecular weight excluding hydrogens is 319 g/mol. The average Bonchev–Trinajstić information content (AvgIpc) is 2.46. The van der Waals surface area contributed by atoms with Gasteiger partial charge in [0, 0.05) is 37.1 Å². The summed E-state index contributed by atoms with van der Waals surface area (Å²) in [7, 11) is 0. The van der Waals surface area contributed by atoms with Crippen molar-refractivity contribution in [3.8, 4) is 0 Å². The normalized spacial score (nSPS) is 29.7. The molecule has 128 valence electrons. The second kappa shape index (κ2) is 7.16. The molecule has 1 heterocycles. The van der Waals surface area contributed by atoms with E-state index in [9.17, 15) is 9.18 Å². The Morgan fingerprint density at radius 3 is 2.61 bits per heavy atom. The summed E-state index contributed by atoms with van der Waals surface area (Å²) in [6.45, 7) is 4.09. The summed E-state index contributed by atoms with van der Waals surface area (Å²) in [6, 6.07) is 4.91. The van der Waals surface area contributed by atoms with E-state index in [1.165, 1.54) is 6.07 Å². The molecule has 2 aliphatic rings. The smallest absolute Gasteiger partial charge is 0.251 e. The predicted octanol–water partition coefficient (Wildman–Crippen LogP) is 2.60. The van der Waals surface area contributed by atoms with E-state index in [1.807, 2.05) is 6.92 Å². The van der Waals surface area contributed by atoms with E-state index in [0.717, 1.165) is 32.4 Å². The number of hydrogen-bond donors (Lipinski definition) is 2. The second-order valence-electron chi connectivity index (χ2n) is 6.24. The van der Waals surface area contributed by atoms with Gasteiger partial charge in [-0.05, 0) is 25.8 Å². The Labute approximate surface area is 142 Å². The minimum Gasteiger partial charge on any atom is -0.370 e. The molecule has 2 fully saturated rings. The van der Waals surface area contributed by atoms with Gasteiger partial charge in [-0.3, -0.25) is 4.79 Å². The van der Waals surface area contributed by atoms with Crippen LogP contribution in [0.5, 0.6) is 0 Å². The number of carbonyl (C=O) groups excluding carboxylic acids is 1. The first-order valence-corrected chi connectivity index (χ1v) is 8.04. The van der Waals surface area contributed by atoms with Crippen LogP contribution in [0.4, 0.5) is 4.39 Å². The molecule has 0 aromatic heterocycles. The van der Waals surface area contributed by atoms with E-state index in [1.54, 1.807) is 12.1 Å². The number of hydrogen-bond acceptors (Lipinski definition) is 3. The number of nitrogens with two attached hydrogens (primary N) is 1. The van der Waals surface area contributed by atoms with E-state index < -0.39 is 17.3 Å². The Bertz CT molecular complexity index is 560. The molecule has 1 amide bonds. The van der Waals surface area contributed by atoms with Gasteiger partial charge >= 0.3 is 0 Å². The van der Waals surface area contributed by atoms with Crippen LogP contribution in [-0.4, -0.2) is 25.6 Å². The first kappa shape index (κ1) is 18.2. The molecule has 1 aromatic rings. The Morgan fingerprint density at radius 1 is 1.39 bits per heavy atom. The number of rotatable bonds is 4. The number of benzene rings is 1. The van der Waals surface area contributed by atoms with Crippen molar-refractivity contribution >= 4 is 18.3 Å². The maximum Gasteiger partial charge on any atom is 0.251 e. The number of piperidine rings is 1. The largest absolute Gasteiger partial charge is 0.370 e. The molecule has 1 aliphatic heterocycles. The second-order valence-corrected chi connectivity index (χ2v) is 6.24. The standard InChI is InChI=1S/C17H23FN2O2.ClH/c1-2-22-17(11-5-3-6-12(17)10-20-9-11)14-8-4-7-13(15(14)18)16(19)21;/h4,7-8,11-12,20H,2-3,5-6,9-10H2,1H3,(H2,19,21);1H. The van der Waals surface area contributed by atoms with Gasteiger partial charge in [0.1, 0.15) is 11.4 Å². The molecular formula is C17H24ClFN2O2. The van der Waals surface area contributed by atoms with Crippen molar-refractivity contribution in [1.29, 1.82) is 0 Å². The lowest BCUT2D eigenvalue weighted by Gasteiger charge is -2.53. The van der Waals surface area contributed by atoms with E-state index in [-0.39, 0.29) is 29.8 Å². The molecule has 1 saturated heterocycles. The summed E-state index contributed by atoms with van der Waals surface area (Å²) in [6.07, 6.45) is 3.15. The summed E-state index contributed by atoms with van der Waals surface area (Å²) < 4.78 is 21.2. The molecule has 2 unspecified atom stereocenters. The molecule has 0 spiro atoms. The van der Waals surface area contributed by atoms with Gasteiger partial charge in [0.15, 0.2) is 0 Å². The predicted molar refractivity (Wildman–Crippen MR) is 89.2 cm³/mol. The Hall–Kier alpha value is -1.17. The number of nitrogens with one attached hydrogen (secondary N) is 1. The van der Waals surface area contributed by atoms with Crippen molar-refractivity contribution in [1.82, 2.24) is 5.32 Å². The van der Waals surface area contributed by atoms with Crippen LogP contribution in [0.2, 0.25) is 0 Å². The van der Waals surface area contributed by atoms with Crippen LogP contribution in [0.3, 0.4) is 0 Å². The number of primary amides is 1. The van der Waals surface area contributed by atoms with Crippen molar-refractivity contribution in [2.24, 2.45) is 17.6 Å². The molecule has 3 N–H and O–H groups in total. The lowest BCUT2D eigenvalue weighted by atomic mass is 9.62. The number of carbonyl (C=O) groups is 1. The molecule has 2 bridgehead atoms. The highest BCUT2D eigenvalue weighted by molar-refractivity contribution is 5.93. The van der Waals surface area contributed by atoms with Gasteiger partial charge in [-0.15, -0.1) is 12.4 Å². The fourth-order valence-electron chi connectivity index (χ4n) is 4.33. The maximum absolute atomic E-state index is 15.0. The molecule has 2 atom stereocenters. The Morgan fingerprint density at radius 2 is 2.04 bits per heavy atom. The summed E-state index contributed by atoms with van der Waals surface area (Å²) in [5.41, 5.74) is 5.12. The summed E-state index contributed by atoms with van der Waals surface area (Å²) in [5.74, 6) is -0.803. The van der Waals surface area contributed by atoms with Gasteiger partial charge in [-0.2, -0.15) is 0 Å². The monoisotopic (exact) mass is 342 g/mol. The highest BCUT2D eigenvalue weighted by atomic mass is 35.5. The van der Waals surface area contributed by atoms with Crippen LogP contribution >= 0.6 is 12.4 Å². The molecule has 23 heavy (non-hydrogen) atoms. The number of halogens is 2.